The Balaban J connectivity index is 1.45. The van der Waals surface area contributed by atoms with Gasteiger partial charge in [-0.3, -0.25) is 0 Å². The van der Waals surface area contributed by atoms with Gasteiger partial charge in [-0.25, -0.2) is 18.5 Å². The van der Waals surface area contributed by atoms with E-state index in [0.717, 1.165) is 17.1 Å². The van der Waals surface area contributed by atoms with Crippen molar-refractivity contribution in [2.75, 3.05) is 36.0 Å². The van der Waals surface area contributed by atoms with E-state index in [0.29, 0.717) is 37.6 Å². The summed E-state index contributed by atoms with van der Waals surface area (Å²) in [6.07, 6.45) is 1.50. The zero-order valence-corrected chi connectivity index (χ0v) is 17.5. The molecular formula is C21H21N7O2S. The molecule has 9 nitrogen and oxygen atoms in total. The maximum atomic E-state index is 12.0. The van der Waals surface area contributed by atoms with Crippen LogP contribution in [0.15, 0.2) is 71.9 Å². The molecule has 2 N–H and O–H groups in total. The summed E-state index contributed by atoms with van der Waals surface area (Å²) in [6, 6.07) is 18.8. The molecule has 0 atom stereocenters. The van der Waals surface area contributed by atoms with Crippen LogP contribution in [0.3, 0.4) is 0 Å². The van der Waals surface area contributed by atoms with Gasteiger partial charge in [-0.1, -0.05) is 42.5 Å². The molecule has 1 saturated heterocycles. The highest BCUT2D eigenvalue weighted by Gasteiger charge is 2.24. The van der Waals surface area contributed by atoms with Gasteiger partial charge < -0.3 is 9.80 Å². The summed E-state index contributed by atoms with van der Waals surface area (Å²) in [4.78, 5) is 13.3. The Bertz CT molecular complexity index is 1330. The lowest BCUT2D eigenvalue weighted by Gasteiger charge is -2.37. The van der Waals surface area contributed by atoms with E-state index in [1.54, 1.807) is 22.7 Å². The van der Waals surface area contributed by atoms with E-state index in [1.807, 2.05) is 47.4 Å². The van der Waals surface area contributed by atoms with Crippen molar-refractivity contribution in [2.45, 2.75) is 4.90 Å². The number of rotatable bonds is 4. The predicted octanol–water partition coefficient (Wildman–Crippen LogP) is 1.77. The second-order valence-corrected chi connectivity index (χ2v) is 8.85. The van der Waals surface area contributed by atoms with E-state index in [1.165, 1.54) is 6.33 Å². The molecule has 0 amide bonds. The Morgan fingerprint density at radius 1 is 0.871 bits per heavy atom. The molecule has 31 heavy (non-hydrogen) atoms. The standard InChI is InChI=1S/C21H21N7O2S/c22-31(29,30)19-9-5-4-8-18(19)26-10-12-27(13-11-26)20-14-17(16-6-2-1-3-7-16)25-21-23-15-24-28(20)21/h1-9,14-15H,10-13H2,(H2,22,29,30). The summed E-state index contributed by atoms with van der Waals surface area (Å²) in [5, 5.41) is 9.76. The number of primary sulfonamides is 1. The average molecular weight is 436 g/mol. The summed E-state index contributed by atoms with van der Waals surface area (Å²) in [7, 11) is -3.79. The molecule has 0 spiro atoms. The highest BCUT2D eigenvalue weighted by atomic mass is 32.2. The molecule has 0 saturated carbocycles. The Morgan fingerprint density at radius 2 is 1.55 bits per heavy atom. The summed E-state index contributed by atoms with van der Waals surface area (Å²) in [5.74, 6) is 1.44. The van der Waals surface area contributed by atoms with Crippen molar-refractivity contribution in [1.29, 1.82) is 0 Å². The van der Waals surface area contributed by atoms with Gasteiger partial charge in [0.15, 0.2) is 0 Å². The van der Waals surface area contributed by atoms with Crippen molar-refractivity contribution in [3.05, 3.63) is 67.0 Å². The van der Waals surface area contributed by atoms with Gasteiger partial charge in [0.25, 0.3) is 5.78 Å². The van der Waals surface area contributed by atoms with Gasteiger partial charge in [-0.15, -0.1) is 0 Å². The number of sulfonamides is 1. The van der Waals surface area contributed by atoms with Gasteiger partial charge in [0.1, 0.15) is 17.0 Å². The third kappa shape index (κ3) is 3.71. The molecule has 0 radical (unpaired) electrons. The lowest BCUT2D eigenvalue weighted by atomic mass is 10.1. The first-order chi connectivity index (χ1) is 15.0. The van der Waals surface area contributed by atoms with Gasteiger partial charge in [-0.2, -0.15) is 14.6 Å². The number of benzene rings is 2. The fourth-order valence-corrected chi connectivity index (χ4v) is 4.67. The van der Waals surface area contributed by atoms with E-state index in [2.05, 4.69) is 20.0 Å². The van der Waals surface area contributed by atoms with Crippen molar-refractivity contribution in [3.63, 3.8) is 0 Å². The van der Waals surface area contributed by atoms with Crippen LogP contribution in [0.5, 0.6) is 0 Å². The molecule has 4 aromatic rings. The average Bonchev–Trinajstić information content (AvgIpc) is 3.27. The van der Waals surface area contributed by atoms with Crippen LogP contribution in [0.1, 0.15) is 0 Å². The van der Waals surface area contributed by atoms with E-state index in [4.69, 9.17) is 5.14 Å². The van der Waals surface area contributed by atoms with Crippen LogP contribution in [-0.2, 0) is 10.0 Å². The fourth-order valence-electron chi connectivity index (χ4n) is 3.91. The number of piperazine rings is 1. The number of hydrogen-bond donors (Lipinski definition) is 1. The monoisotopic (exact) mass is 435 g/mol. The molecule has 1 fully saturated rings. The van der Waals surface area contributed by atoms with Crippen LogP contribution in [0.4, 0.5) is 11.5 Å². The molecule has 10 heteroatoms. The van der Waals surface area contributed by atoms with Gasteiger partial charge in [0.2, 0.25) is 10.0 Å². The van der Waals surface area contributed by atoms with Crippen LogP contribution >= 0.6 is 0 Å². The molecule has 1 aliphatic rings. The van der Waals surface area contributed by atoms with Crippen LogP contribution in [0.2, 0.25) is 0 Å². The van der Waals surface area contributed by atoms with Crippen LogP contribution < -0.4 is 14.9 Å². The number of anilines is 2. The van der Waals surface area contributed by atoms with Gasteiger partial charge in [0, 0.05) is 37.8 Å². The summed E-state index contributed by atoms with van der Waals surface area (Å²) in [5.41, 5.74) is 2.48. The van der Waals surface area contributed by atoms with Gasteiger partial charge >= 0.3 is 0 Å². The molecule has 1 aliphatic heterocycles. The molecule has 5 rings (SSSR count). The largest absolute Gasteiger partial charge is 0.367 e. The summed E-state index contributed by atoms with van der Waals surface area (Å²) in [6.45, 7) is 2.66. The third-order valence-corrected chi connectivity index (χ3v) is 6.38. The van der Waals surface area contributed by atoms with Crippen LogP contribution in [0, 0.1) is 0 Å². The van der Waals surface area contributed by atoms with Crippen molar-refractivity contribution in [2.24, 2.45) is 5.14 Å². The lowest BCUT2D eigenvalue weighted by Crippen LogP contribution is -2.47. The number of nitrogens with zero attached hydrogens (tertiary/aromatic N) is 6. The van der Waals surface area contributed by atoms with Crippen LogP contribution in [-0.4, -0.2) is 54.2 Å². The number of hydrogen-bond acceptors (Lipinski definition) is 7. The molecule has 2 aromatic carbocycles. The fraction of sp³-hybridized carbons (Fsp3) is 0.190. The van der Waals surface area contributed by atoms with Crippen LogP contribution in [0.25, 0.3) is 17.0 Å². The van der Waals surface area contributed by atoms with Crippen molar-refractivity contribution in [3.8, 4) is 11.3 Å². The number of aromatic nitrogens is 4. The minimum absolute atomic E-state index is 0.150. The molecular weight excluding hydrogens is 414 g/mol. The first-order valence-corrected chi connectivity index (χ1v) is 11.4. The minimum Gasteiger partial charge on any atom is -0.367 e. The van der Waals surface area contributed by atoms with Gasteiger partial charge in [0.05, 0.1) is 11.4 Å². The maximum Gasteiger partial charge on any atom is 0.254 e. The SMILES string of the molecule is NS(=O)(=O)c1ccccc1N1CCN(c2cc(-c3ccccc3)nc3ncnn23)CC1. The van der Waals surface area contributed by atoms with Crippen molar-refractivity contribution >= 4 is 27.3 Å². The Labute approximate surface area is 179 Å². The highest BCUT2D eigenvalue weighted by molar-refractivity contribution is 7.89. The predicted molar refractivity (Wildman–Crippen MR) is 118 cm³/mol. The van der Waals surface area contributed by atoms with E-state index in [-0.39, 0.29) is 4.90 Å². The second kappa shape index (κ2) is 7.64. The highest BCUT2D eigenvalue weighted by Crippen LogP contribution is 2.28. The topological polar surface area (TPSA) is 110 Å². The van der Waals surface area contributed by atoms with Crippen molar-refractivity contribution in [1.82, 2.24) is 19.6 Å². The Hall–Kier alpha value is -3.50. The third-order valence-electron chi connectivity index (χ3n) is 5.42. The number of fused-ring (bicyclic) bond motifs is 1. The Kier molecular flexibility index (Phi) is 4.79. The smallest absolute Gasteiger partial charge is 0.254 e. The normalized spacial score (nSPS) is 14.9. The zero-order chi connectivity index (χ0) is 21.4. The molecule has 0 aliphatic carbocycles. The summed E-state index contributed by atoms with van der Waals surface area (Å²) < 4.78 is 25.7. The minimum atomic E-state index is -3.79. The van der Waals surface area contributed by atoms with Gasteiger partial charge in [-0.05, 0) is 12.1 Å². The quantitative estimate of drug-likeness (QED) is 0.520. The number of para-hydroxylation sites is 1. The zero-order valence-electron chi connectivity index (χ0n) is 16.7. The molecule has 2 aromatic heterocycles. The Morgan fingerprint density at radius 3 is 2.29 bits per heavy atom. The lowest BCUT2D eigenvalue weighted by molar-refractivity contribution is 0.595. The first-order valence-electron chi connectivity index (χ1n) is 9.89. The molecule has 3 heterocycles. The molecule has 158 valence electrons. The molecule has 0 unspecified atom stereocenters. The second-order valence-electron chi connectivity index (χ2n) is 7.32. The van der Waals surface area contributed by atoms with E-state index >= 15 is 0 Å². The van der Waals surface area contributed by atoms with E-state index < -0.39 is 10.0 Å². The van der Waals surface area contributed by atoms with Crippen molar-refractivity contribution < 1.29 is 8.42 Å². The number of nitrogens with two attached hydrogens (primary N) is 1. The first kappa shape index (κ1) is 19.5. The molecule has 0 bridgehead atoms. The summed E-state index contributed by atoms with van der Waals surface area (Å²) >= 11 is 0. The maximum absolute atomic E-state index is 12.0. The van der Waals surface area contributed by atoms with E-state index in [9.17, 15) is 8.42 Å².